The number of allylic oxidation sites excluding steroid dienone is 1. The van der Waals surface area contributed by atoms with Gasteiger partial charge in [-0.05, 0) is 18.4 Å². The van der Waals surface area contributed by atoms with Crippen LogP contribution >= 0.6 is 0 Å². The Bertz CT molecular complexity index is 681. The van der Waals surface area contributed by atoms with E-state index in [0.717, 1.165) is 0 Å². The summed E-state index contributed by atoms with van der Waals surface area (Å²) in [6.45, 7) is 0. The summed E-state index contributed by atoms with van der Waals surface area (Å²) in [5, 5.41) is 16.2. The summed E-state index contributed by atoms with van der Waals surface area (Å²) in [6.07, 6.45) is 1.78. The van der Waals surface area contributed by atoms with Gasteiger partial charge in [-0.1, -0.05) is 12.1 Å². The fraction of sp³-hybridized carbons (Fsp3) is 0.286. The number of Topliss-reactive ketones (excluding diaryl/α,β-unsaturated/α-hetero) is 1. The summed E-state index contributed by atoms with van der Waals surface area (Å²) in [6, 6.07) is 4.99. The molecular weight excluding hydrogens is 274 g/mol. The lowest BCUT2D eigenvalue weighted by molar-refractivity contribution is -0.384. The number of non-ortho nitro benzene ring substituents is 1. The monoisotopic (exact) mass is 287 g/mol. The molecule has 0 fully saturated rings. The Morgan fingerprint density at radius 3 is 2.81 bits per heavy atom. The molecule has 1 unspecified atom stereocenters. The molecule has 108 valence electrons. The van der Waals surface area contributed by atoms with Gasteiger partial charge in [-0.2, -0.15) is 0 Å². The number of amides is 2. The highest BCUT2D eigenvalue weighted by Crippen LogP contribution is 2.34. The second-order valence-corrected chi connectivity index (χ2v) is 5.05. The van der Waals surface area contributed by atoms with Gasteiger partial charge >= 0.3 is 6.03 Å². The molecule has 21 heavy (non-hydrogen) atoms. The molecule has 2 N–H and O–H groups in total. The molecule has 0 spiro atoms. The maximum absolute atomic E-state index is 12.2. The summed E-state index contributed by atoms with van der Waals surface area (Å²) in [5.41, 5.74) is 1.63. The van der Waals surface area contributed by atoms with Gasteiger partial charge in [0.05, 0.1) is 11.0 Å². The number of carbonyl (C=O) groups excluding carboxylic acids is 2. The van der Waals surface area contributed by atoms with Crippen LogP contribution < -0.4 is 10.6 Å². The van der Waals surface area contributed by atoms with E-state index in [-0.39, 0.29) is 17.5 Å². The van der Waals surface area contributed by atoms with Crippen molar-refractivity contribution in [1.82, 2.24) is 10.6 Å². The first kappa shape index (κ1) is 13.3. The molecule has 0 saturated heterocycles. The predicted octanol–water partition coefficient (Wildman–Crippen LogP) is 1.96. The number of nitrogens with zero attached hydrogens (tertiary/aromatic N) is 1. The van der Waals surface area contributed by atoms with Crippen molar-refractivity contribution in [2.75, 3.05) is 0 Å². The average Bonchev–Trinajstić information content (AvgIpc) is 2.46. The number of rotatable bonds is 2. The third-order valence-electron chi connectivity index (χ3n) is 3.70. The molecule has 2 amide bonds. The zero-order chi connectivity index (χ0) is 15.0. The van der Waals surface area contributed by atoms with Crippen molar-refractivity contribution in [2.24, 2.45) is 0 Å². The van der Waals surface area contributed by atoms with Crippen LogP contribution in [0.25, 0.3) is 0 Å². The minimum atomic E-state index is -0.624. The maximum atomic E-state index is 12.2. The van der Waals surface area contributed by atoms with E-state index < -0.39 is 11.0 Å². The number of hydrogen-bond donors (Lipinski definition) is 2. The number of benzene rings is 1. The lowest BCUT2D eigenvalue weighted by Gasteiger charge is -2.32. The average molecular weight is 287 g/mol. The van der Waals surface area contributed by atoms with E-state index >= 15 is 0 Å². The number of urea groups is 1. The van der Waals surface area contributed by atoms with Crippen LogP contribution in [0.2, 0.25) is 0 Å². The molecule has 1 heterocycles. The van der Waals surface area contributed by atoms with E-state index in [1.54, 1.807) is 12.1 Å². The summed E-state index contributed by atoms with van der Waals surface area (Å²) in [5.74, 6) is -0.0275. The number of nitrogens with one attached hydrogen (secondary N) is 2. The fourth-order valence-electron chi connectivity index (χ4n) is 2.77. The Hall–Kier alpha value is -2.70. The molecule has 0 bridgehead atoms. The summed E-state index contributed by atoms with van der Waals surface area (Å²) < 4.78 is 0. The van der Waals surface area contributed by atoms with Gasteiger partial charge in [0.15, 0.2) is 5.78 Å². The maximum Gasteiger partial charge on any atom is 0.319 e. The number of nitro groups is 1. The molecule has 2 aliphatic rings. The molecule has 1 aromatic rings. The molecule has 7 nitrogen and oxygen atoms in total. The van der Waals surface area contributed by atoms with Crippen LogP contribution in [0.1, 0.15) is 30.9 Å². The van der Waals surface area contributed by atoms with Gasteiger partial charge in [0.1, 0.15) is 0 Å². The van der Waals surface area contributed by atoms with Crippen LogP contribution in [-0.4, -0.2) is 16.7 Å². The Kier molecular flexibility index (Phi) is 3.17. The van der Waals surface area contributed by atoms with E-state index in [1.165, 1.54) is 12.1 Å². The van der Waals surface area contributed by atoms with Gasteiger partial charge in [-0.3, -0.25) is 14.9 Å². The Balaban J connectivity index is 2.07. The van der Waals surface area contributed by atoms with E-state index in [4.69, 9.17) is 0 Å². The second-order valence-electron chi connectivity index (χ2n) is 5.05. The molecule has 1 aliphatic carbocycles. The molecule has 1 atom stereocenters. The zero-order valence-electron chi connectivity index (χ0n) is 11.1. The second kappa shape index (κ2) is 5.01. The number of hydrogen-bond acceptors (Lipinski definition) is 4. The molecule has 0 aromatic heterocycles. The van der Waals surface area contributed by atoms with Crippen LogP contribution in [0.15, 0.2) is 35.5 Å². The van der Waals surface area contributed by atoms with Crippen molar-refractivity contribution in [3.05, 3.63) is 51.2 Å². The molecule has 3 rings (SSSR count). The minimum Gasteiger partial charge on any atom is -0.327 e. The lowest BCUT2D eigenvalue weighted by atomic mass is 9.85. The molecule has 0 radical (unpaired) electrons. The standard InChI is InChI=1S/C14H13N3O4/c18-11-6-2-5-10-12(11)13(16-14(19)15-10)8-3-1-4-9(7-8)17(20)21/h1,3-4,7,13H,2,5-6H2,(H2,15,16,19). The largest absolute Gasteiger partial charge is 0.327 e. The van der Waals surface area contributed by atoms with Gasteiger partial charge in [-0.15, -0.1) is 0 Å². The minimum absolute atomic E-state index is 0.0275. The highest BCUT2D eigenvalue weighted by molar-refractivity contribution is 6.00. The number of ketones is 1. The normalized spacial score (nSPS) is 21.4. The Morgan fingerprint density at radius 2 is 2.05 bits per heavy atom. The van der Waals surface area contributed by atoms with Crippen LogP contribution in [-0.2, 0) is 4.79 Å². The first-order valence-electron chi connectivity index (χ1n) is 6.64. The summed E-state index contributed by atoms with van der Waals surface area (Å²) in [7, 11) is 0. The highest BCUT2D eigenvalue weighted by Gasteiger charge is 2.34. The highest BCUT2D eigenvalue weighted by atomic mass is 16.6. The lowest BCUT2D eigenvalue weighted by Crippen LogP contribution is -2.46. The van der Waals surface area contributed by atoms with Gasteiger partial charge in [0.2, 0.25) is 0 Å². The Labute approximate surface area is 120 Å². The van der Waals surface area contributed by atoms with Gasteiger partial charge in [-0.25, -0.2) is 4.79 Å². The van der Waals surface area contributed by atoms with Crippen molar-refractivity contribution in [1.29, 1.82) is 0 Å². The molecule has 7 heteroatoms. The van der Waals surface area contributed by atoms with Crippen molar-refractivity contribution < 1.29 is 14.5 Å². The fourth-order valence-corrected chi connectivity index (χ4v) is 2.77. The van der Waals surface area contributed by atoms with Crippen LogP contribution in [0.5, 0.6) is 0 Å². The molecule has 1 aliphatic heterocycles. The SMILES string of the molecule is O=C1NC2=C(C(=O)CCC2)C(c2cccc([N+](=O)[O-])c2)N1. The van der Waals surface area contributed by atoms with E-state index in [9.17, 15) is 19.7 Å². The van der Waals surface area contributed by atoms with E-state index in [2.05, 4.69) is 10.6 Å². The van der Waals surface area contributed by atoms with Crippen molar-refractivity contribution in [3.8, 4) is 0 Å². The Morgan fingerprint density at radius 1 is 1.24 bits per heavy atom. The van der Waals surface area contributed by atoms with Gasteiger partial charge in [0.25, 0.3) is 5.69 Å². The molecular formula is C14H13N3O4. The predicted molar refractivity (Wildman–Crippen MR) is 73.4 cm³/mol. The van der Waals surface area contributed by atoms with Crippen LogP contribution in [0, 0.1) is 10.1 Å². The van der Waals surface area contributed by atoms with Crippen molar-refractivity contribution in [3.63, 3.8) is 0 Å². The zero-order valence-corrected chi connectivity index (χ0v) is 11.1. The summed E-state index contributed by atoms with van der Waals surface area (Å²) in [4.78, 5) is 34.3. The first-order valence-corrected chi connectivity index (χ1v) is 6.64. The number of nitro benzene ring substituents is 1. The van der Waals surface area contributed by atoms with Crippen LogP contribution in [0.3, 0.4) is 0 Å². The van der Waals surface area contributed by atoms with E-state index in [1.807, 2.05) is 0 Å². The smallest absolute Gasteiger partial charge is 0.319 e. The number of carbonyl (C=O) groups is 2. The summed E-state index contributed by atoms with van der Waals surface area (Å²) >= 11 is 0. The van der Waals surface area contributed by atoms with E-state index in [0.29, 0.717) is 36.1 Å². The topological polar surface area (TPSA) is 101 Å². The molecule has 0 saturated carbocycles. The van der Waals surface area contributed by atoms with Crippen LogP contribution in [0.4, 0.5) is 10.5 Å². The quantitative estimate of drug-likeness (QED) is 0.641. The third-order valence-corrected chi connectivity index (χ3v) is 3.70. The third kappa shape index (κ3) is 2.37. The van der Waals surface area contributed by atoms with Gasteiger partial charge < -0.3 is 10.6 Å². The van der Waals surface area contributed by atoms with Crippen molar-refractivity contribution in [2.45, 2.75) is 25.3 Å². The molecule has 1 aromatic carbocycles. The van der Waals surface area contributed by atoms with Gasteiger partial charge in [0, 0.05) is 29.8 Å². The first-order chi connectivity index (χ1) is 10.1. The van der Waals surface area contributed by atoms with Crippen molar-refractivity contribution >= 4 is 17.5 Å².